The number of urea groups is 1. The Morgan fingerprint density at radius 2 is 1.74 bits per heavy atom. The quantitative estimate of drug-likeness (QED) is 0.625. The van der Waals surface area contributed by atoms with Crippen LogP contribution in [-0.2, 0) is 0 Å². The number of nitrogens with two attached hydrogens (primary N) is 1. The highest BCUT2D eigenvalue weighted by Gasteiger charge is 2.03. The summed E-state index contributed by atoms with van der Waals surface area (Å²) in [5.74, 6) is 2.09. The van der Waals surface area contributed by atoms with Gasteiger partial charge in [0, 0.05) is 0 Å². The summed E-state index contributed by atoms with van der Waals surface area (Å²) in [4.78, 5) is 10.5. The molecule has 0 aromatic heterocycles. The van der Waals surface area contributed by atoms with Gasteiger partial charge in [-0.3, -0.25) is 0 Å². The van der Waals surface area contributed by atoms with Crippen molar-refractivity contribution in [1.82, 2.24) is 5.43 Å². The Hall–Kier alpha value is -2.82. The minimum atomic E-state index is -0.693. The lowest BCUT2D eigenvalue weighted by Crippen LogP contribution is -2.24. The number of rotatable bonds is 6. The molecule has 1 atom stereocenters. The van der Waals surface area contributed by atoms with Crippen molar-refractivity contribution >= 4 is 12.2 Å². The van der Waals surface area contributed by atoms with E-state index in [2.05, 4.69) is 36.5 Å². The first-order valence-corrected chi connectivity index (χ1v) is 7.55. The molecule has 0 fully saturated rings. The molecule has 0 saturated carbocycles. The van der Waals surface area contributed by atoms with Crippen LogP contribution in [0.2, 0.25) is 0 Å². The van der Waals surface area contributed by atoms with Crippen LogP contribution < -0.4 is 15.9 Å². The van der Waals surface area contributed by atoms with Crippen molar-refractivity contribution in [2.24, 2.45) is 10.8 Å². The largest absolute Gasteiger partial charge is 0.457 e. The smallest absolute Gasteiger partial charge is 0.332 e. The van der Waals surface area contributed by atoms with Crippen LogP contribution in [0.3, 0.4) is 0 Å². The van der Waals surface area contributed by atoms with Gasteiger partial charge in [0.2, 0.25) is 0 Å². The lowest BCUT2D eigenvalue weighted by molar-refractivity contribution is 0.249. The van der Waals surface area contributed by atoms with Crippen LogP contribution in [0.15, 0.2) is 53.6 Å². The molecule has 2 aromatic carbocycles. The van der Waals surface area contributed by atoms with Crippen molar-refractivity contribution < 1.29 is 9.53 Å². The molecule has 23 heavy (non-hydrogen) atoms. The number of amides is 2. The number of ether oxygens (including phenoxy) is 1. The highest BCUT2D eigenvalue weighted by atomic mass is 16.5. The van der Waals surface area contributed by atoms with Gasteiger partial charge in [-0.1, -0.05) is 26.0 Å². The number of primary amides is 1. The molecule has 2 rings (SSSR count). The minimum Gasteiger partial charge on any atom is -0.457 e. The van der Waals surface area contributed by atoms with Gasteiger partial charge in [0.15, 0.2) is 0 Å². The van der Waals surface area contributed by atoms with Crippen molar-refractivity contribution in [3.8, 4) is 11.5 Å². The number of carbonyl (C=O) groups excluding carboxylic acids is 1. The molecular weight excluding hydrogens is 290 g/mol. The standard InChI is InChI=1S/C18H21N3O2/c1-3-13(2)15-6-10-17(11-7-15)23-16-8-4-14(5-9-16)12-20-21-18(19)22/h4-13H,3H2,1-2H3,(H3,19,21,22)/b20-12-/t13-/m0/s1. The third kappa shape index (κ3) is 5.14. The number of nitrogens with zero attached hydrogens (tertiary/aromatic N) is 1. The van der Waals surface area contributed by atoms with Crippen LogP contribution in [0, 0.1) is 0 Å². The molecule has 5 heteroatoms. The summed E-state index contributed by atoms with van der Waals surface area (Å²) in [5.41, 5.74) is 9.21. The summed E-state index contributed by atoms with van der Waals surface area (Å²) in [7, 11) is 0. The van der Waals surface area contributed by atoms with Gasteiger partial charge in [0.05, 0.1) is 6.21 Å². The maximum absolute atomic E-state index is 10.5. The highest BCUT2D eigenvalue weighted by Crippen LogP contribution is 2.25. The number of hydrogen-bond acceptors (Lipinski definition) is 3. The summed E-state index contributed by atoms with van der Waals surface area (Å²) in [5, 5.41) is 3.70. The molecule has 0 aliphatic rings. The van der Waals surface area contributed by atoms with E-state index in [1.54, 1.807) is 0 Å². The fraction of sp³-hybridized carbons (Fsp3) is 0.222. The van der Waals surface area contributed by atoms with E-state index in [0.29, 0.717) is 5.92 Å². The molecular formula is C18H21N3O2. The van der Waals surface area contributed by atoms with Crippen molar-refractivity contribution in [3.05, 3.63) is 59.7 Å². The first kappa shape index (κ1) is 16.5. The van der Waals surface area contributed by atoms with Gasteiger partial charge in [0.1, 0.15) is 11.5 Å². The van der Waals surface area contributed by atoms with Gasteiger partial charge in [-0.15, -0.1) is 0 Å². The van der Waals surface area contributed by atoms with Gasteiger partial charge in [0.25, 0.3) is 0 Å². The zero-order chi connectivity index (χ0) is 16.7. The molecule has 0 aliphatic heterocycles. The fourth-order valence-corrected chi connectivity index (χ4v) is 2.03. The lowest BCUT2D eigenvalue weighted by atomic mass is 9.99. The van der Waals surface area contributed by atoms with E-state index >= 15 is 0 Å². The molecule has 0 radical (unpaired) electrons. The third-order valence-electron chi connectivity index (χ3n) is 3.57. The van der Waals surface area contributed by atoms with Gasteiger partial charge >= 0.3 is 6.03 Å². The summed E-state index contributed by atoms with van der Waals surface area (Å²) in [6.45, 7) is 4.39. The Bertz CT molecular complexity index is 664. The first-order valence-electron chi connectivity index (χ1n) is 7.55. The molecule has 0 aliphatic carbocycles. The maximum atomic E-state index is 10.5. The second kappa shape index (κ2) is 7.98. The van der Waals surface area contributed by atoms with E-state index in [1.165, 1.54) is 11.8 Å². The number of nitrogens with one attached hydrogen (secondary N) is 1. The predicted molar refractivity (Wildman–Crippen MR) is 92.0 cm³/mol. The summed E-state index contributed by atoms with van der Waals surface area (Å²) in [6, 6.07) is 14.8. The van der Waals surface area contributed by atoms with Gasteiger partial charge in [-0.05, 0) is 59.9 Å². The van der Waals surface area contributed by atoms with Crippen LogP contribution in [-0.4, -0.2) is 12.2 Å². The Morgan fingerprint density at radius 1 is 1.17 bits per heavy atom. The van der Waals surface area contributed by atoms with E-state index in [0.717, 1.165) is 23.5 Å². The van der Waals surface area contributed by atoms with Gasteiger partial charge in [-0.2, -0.15) is 5.10 Å². The number of carbonyl (C=O) groups is 1. The first-order chi connectivity index (χ1) is 11.1. The second-order valence-electron chi connectivity index (χ2n) is 5.28. The Kier molecular flexibility index (Phi) is 5.74. The second-order valence-corrected chi connectivity index (χ2v) is 5.28. The molecule has 0 unspecified atom stereocenters. The summed E-state index contributed by atoms with van der Waals surface area (Å²) < 4.78 is 5.81. The normalized spacial score (nSPS) is 12.1. The van der Waals surface area contributed by atoms with E-state index in [4.69, 9.17) is 10.5 Å². The monoisotopic (exact) mass is 311 g/mol. The zero-order valence-corrected chi connectivity index (χ0v) is 13.3. The molecule has 2 amide bonds. The molecule has 0 saturated heterocycles. The predicted octanol–water partition coefficient (Wildman–Crippen LogP) is 3.99. The Balaban J connectivity index is 1.98. The van der Waals surface area contributed by atoms with Crippen molar-refractivity contribution in [2.45, 2.75) is 26.2 Å². The third-order valence-corrected chi connectivity index (χ3v) is 3.57. The maximum Gasteiger partial charge on any atom is 0.332 e. The molecule has 0 spiro atoms. The zero-order valence-electron chi connectivity index (χ0n) is 13.3. The van der Waals surface area contributed by atoms with E-state index in [9.17, 15) is 4.79 Å². The molecule has 2 aromatic rings. The molecule has 120 valence electrons. The number of hydrazone groups is 1. The Labute approximate surface area is 136 Å². The topological polar surface area (TPSA) is 76.7 Å². The van der Waals surface area contributed by atoms with Crippen LogP contribution in [0.5, 0.6) is 11.5 Å². The summed E-state index contributed by atoms with van der Waals surface area (Å²) in [6.07, 6.45) is 2.63. The SMILES string of the molecule is CC[C@H](C)c1ccc(Oc2ccc(/C=N\NC(N)=O)cc2)cc1. The summed E-state index contributed by atoms with van der Waals surface area (Å²) >= 11 is 0. The fourth-order valence-electron chi connectivity index (χ4n) is 2.03. The number of benzene rings is 2. The highest BCUT2D eigenvalue weighted by molar-refractivity contribution is 5.81. The van der Waals surface area contributed by atoms with Crippen molar-refractivity contribution in [1.29, 1.82) is 0 Å². The van der Waals surface area contributed by atoms with Gasteiger partial charge < -0.3 is 10.5 Å². The van der Waals surface area contributed by atoms with Crippen molar-refractivity contribution in [3.63, 3.8) is 0 Å². The van der Waals surface area contributed by atoms with Crippen LogP contribution >= 0.6 is 0 Å². The van der Waals surface area contributed by atoms with Crippen LogP contribution in [0.25, 0.3) is 0 Å². The minimum absolute atomic E-state index is 0.552. The van der Waals surface area contributed by atoms with E-state index < -0.39 is 6.03 Å². The van der Waals surface area contributed by atoms with Gasteiger partial charge in [-0.25, -0.2) is 10.2 Å². The van der Waals surface area contributed by atoms with Crippen molar-refractivity contribution in [2.75, 3.05) is 0 Å². The average molecular weight is 311 g/mol. The lowest BCUT2D eigenvalue weighted by Gasteiger charge is -2.10. The van der Waals surface area contributed by atoms with E-state index in [1.807, 2.05) is 36.4 Å². The Morgan fingerprint density at radius 3 is 2.26 bits per heavy atom. The molecule has 0 heterocycles. The van der Waals surface area contributed by atoms with E-state index in [-0.39, 0.29) is 0 Å². The average Bonchev–Trinajstić information content (AvgIpc) is 2.56. The van der Waals surface area contributed by atoms with Crippen LogP contribution in [0.1, 0.15) is 37.3 Å². The molecule has 5 nitrogen and oxygen atoms in total. The molecule has 0 bridgehead atoms. The van der Waals surface area contributed by atoms with Crippen LogP contribution in [0.4, 0.5) is 4.79 Å². The number of hydrogen-bond donors (Lipinski definition) is 2. The molecule has 3 N–H and O–H groups in total.